The summed E-state index contributed by atoms with van der Waals surface area (Å²) >= 11 is 0. The summed E-state index contributed by atoms with van der Waals surface area (Å²) in [5.41, 5.74) is 0.256. The second-order valence-corrected chi connectivity index (χ2v) is 6.12. The molecule has 0 spiro atoms. The minimum Gasteiger partial charge on any atom is -0.338 e. The fourth-order valence-corrected chi connectivity index (χ4v) is 3.04. The third-order valence-corrected chi connectivity index (χ3v) is 4.36. The topological polar surface area (TPSA) is 52.7 Å². The average molecular weight is 341 g/mol. The van der Waals surface area contributed by atoms with Crippen molar-refractivity contribution in [3.05, 3.63) is 35.6 Å². The molecule has 1 atom stereocenters. The van der Waals surface area contributed by atoms with Crippen molar-refractivity contribution >= 4 is 11.8 Å². The van der Waals surface area contributed by atoms with Crippen LogP contribution in [0.2, 0.25) is 0 Å². The summed E-state index contributed by atoms with van der Waals surface area (Å²) in [5.74, 6) is -3.99. The molecule has 2 aliphatic rings. The van der Waals surface area contributed by atoms with Crippen LogP contribution in [0.1, 0.15) is 16.8 Å². The van der Waals surface area contributed by atoms with Crippen LogP contribution in [0.4, 0.5) is 13.2 Å². The van der Waals surface area contributed by atoms with Crippen molar-refractivity contribution in [3.8, 4) is 0 Å². The summed E-state index contributed by atoms with van der Waals surface area (Å²) in [6.07, 6.45) is -0.492. The van der Waals surface area contributed by atoms with E-state index in [1.54, 1.807) is 0 Å². The molecule has 1 aromatic carbocycles. The van der Waals surface area contributed by atoms with Crippen LogP contribution in [-0.4, -0.2) is 66.3 Å². The zero-order valence-corrected chi connectivity index (χ0v) is 13.0. The van der Waals surface area contributed by atoms with E-state index in [0.29, 0.717) is 13.1 Å². The van der Waals surface area contributed by atoms with Gasteiger partial charge in [0.2, 0.25) is 5.91 Å². The Balaban J connectivity index is 1.56. The number of nitrogens with zero attached hydrogens (tertiary/aromatic N) is 2. The summed E-state index contributed by atoms with van der Waals surface area (Å²) in [6, 6.07) is 4.56. The molecule has 24 heavy (non-hydrogen) atoms. The van der Waals surface area contributed by atoms with Gasteiger partial charge in [0.05, 0.1) is 12.6 Å². The van der Waals surface area contributed by atoms with Gasteiger partial charge in [-0.15, -0.1) is 0 Å². The molecule has 8 heteroatoms. The summed E-state index contributed by atoms with van der Waals surface area (Å²) in [4.78, 5) is 27.6. The van der Waals surface area contributed by atoms with Gasteiger partial charge in [-0.25, -0.2) is 13.2 Å². The first kappa shape index (κ1) is 16.8. The van der Waals surface area contributed by atoms with E-state index in [1.165, 1.54) is 34.1 Å². The van der Waals surface area contributed by atoms with Crippen LogP contribution in [0.3, 0.4) is 0 Å². The van der Waals surface area contributed by atoms with Gasteiger partial charge in [0.1, 0.15) is 5.82 Å². The molecule has 130 valence electrons. The van der Waals surface area contributed by atoms with Crippen LogP contribution in [0, 0.1) is 5.82 Å². The highest BCUT2D eigenvalue weighted by Gasteiger charge is 2.43. The number of alkyl halides is 2. The normalized spacial score (nSPS) is 23.4. The van der Waals surface area contributed by atoms with Gasteiger partial charge < -0.3 is 9.80 Å². The highest BCUT2D eigenvalue weighted by atomic mass is 19.3. The lowest BCUT2D eigenvalue weighted by atomic mass is 10.1. The fraction of sp³-hybridized carbons (Fsp3) is 0.500. The van der Waals surface area contributed by atoms with E-state index in [2.05, 4.69) is 5.32 Å². The lowest BCUT2D eigenvalue weighted by molar-refractivity contribution is -0.135. The molecule has 3 rings (SSSR count). The lowest BCUT2D eigenvalue weighted by Gasteiger charge is -2.36. The van der Waals surface area contributed by atoms with Crippen molar-refractivity contribution in [3.63, 3.8) is 0 Å². The average Bonchev–Trinajstić information content (AvgIpc) is 2.93. The lowest BCUT2D eigenvalue weighted by Crippen LogP contribution is -2.54. The van der Waals surface area contributed by atoms with Crippen LogP contribution in [0.25, 0.3) is 0 Å². The largest absolute Gasteiger partial charge is 0.338 e. The van der Waals surface area contributed by atoms with Gasteiger partial charge in [0.15, 0.2) is 0 Å². The number of nitrogens with one attached hydrogen (secondary N) is 1. The number of amides is 2. The zero-order valence-electron chi connectivity index (χ0n) is 13.0. The molecule has 5 nitrogen and oxygen atoms in total. The highest BCUT2D eigenvalue weighted by molar-refractivity contribution is 5.94. The number of carbonyl (C=O) groups excluding carboxylic acids is 2. The third-order valence-electron chi connectivity index (χ3n) is 4.36. The van der Waals surface area contributed by atoms with E-state index >= 15 is 0 Å². The zero-order chi connectivity index (χ0) is 17.3. The molecular weight excluding hydrogens is 323 g/mol. The minimum absolute atomic E-state index is 0.256. The first-order chi connectivity index (χ1) is 11.4. The van der Waals surface area contributed by atoms with Crippen molar-refractivity contribution in [2.24, 2.45) is 0 Å². The van der Waals surface area contributed by atoms with E-state index < -0.39 is 30.7 Å². The van der Waals surface area contributed by atoms with E-state index in [-0.39, 0.29) is 30.5 Å². The SMILES string of the molecule is O=C(c1cccc(F)c1)N1CCN(C(=O)C2CC(F)(F)CN2)CC1. The molecule has 2 saturated heterocycles. The van der Waals surface area contributed by atoms with Gasteiger partial charge in [0.25, 0.3) is 11.8 Å². The minimum atomic E-state index is -2.85. The summed E-state index contributed by atoms with van der Waals surface area (Å²) in [6.45, 7) is 0.670. The van der Waals surface area contributed by atoms with Crippen molar-refractivity contribution < 1.29 is 22.8 Å². The molecule has 1 aromatic rings. The summed E-state index contributed by atoms with van der Waals surface area (Å²) in [7, 11) is 0. The first-order valence-corrected chi connectivity index (χ1v) is 7.80. The number of piperazine rings is 1. The maximum atomic E-state index is 13.2. The summed E-state index contributed by atoms with van der Waals surface area (Å²) < 4.78 is 39.6. The Labute approximate surface area is 137 Å². The molecular formula is C16H18F3N3O2. The van der Waals surface area contributed by atoms with Crippen molar-refractivity contribution in [2.75, 3.05) is 32.7 Å². The molecule has 2 fully saturated rings. The third kappa shape index (κ3) is 3.53. The Morgan fingerprint density at radius 1 is 1.12 bits per heavy atom. The van der Waals surface area contributed by atoms with Gasteiger partial charge in [-0.1, -0.05) is 6.07 Å². The Kier molecular flexibility index (Phi) is 4.49. The van der Waals surface area contributed by atoms with E-state index in [1.807, 2.05) is 0 Å². The van der Waals surface area contributed by atoms with Crippen molar-refractivity contribution in [2.45, 2.75) is 18.4 Å². The molecule has 2 amide bonds. The first-order valence-electron chi connectivity index (χ1n) is 7.80. The predicted molar refractivity (Wildman–Crippen MR) is 80.2 cm³/mol. The highest BCUT2D eigenvalue weighted by Crippen LogP contribution is 2.26. The fourth-order valence-electron chi connectivity index (χ4n) is 3.04. The van der Waals surface area contributed by atoms with Crippen LogP contribution in [0.15, 0.2) is 24.3 Å². The van der Waals surface area contributed by atoms with Crippen molar-refractivity contribution in [1.29, 1.82) is 0 Å². The smallest absolute Gasteiger partial charge is 0.262 e. The predicted octanol–water partition coefficient (Wildman–Crippen LogP) is 1.11. The van der Waals surface area contributed by atoms with Crippen LogP contribution >= 0.6 is 0 Å². The Morgan fingerprint density at radius 2 is 1.79 bits per heavy atom. The van der Waals surface area contributed by atoms with Crippen molar-refractivity contribution in [1.82, 2.24) is 15.1 Å². The van der Waals surface area contributed by atoms with Gasteiger partial charge in [0, 0.05) is 38.2 Å². The van der Waals surface area contributed by atoms with Gasteiger partial charge >= 0.3 is 0 Å². The Hall–Kier alpha value is -2.09. The number of hydrogen-bond acceptors (Lipinski definition) is 3. The van der Waals surface area contributed by atoms with E-state index in [4.69, 9.17) is 0 Å². The monoisotopic (exact) mass is 341 g/mol. The molecule has 0 radical (unpaired) electrons. The second-order valence-electron chi connectivity index (χ2n) is 6.12. The van der Waals surface area contributed by atoms with E-state index in [0.717, 1.165) is 0 Å². The number of halogens is 3. The Morgan fingerprint density at radius 3 is 2.38 bits per heavy atom. The molecule has 0 bridgehead atoms. The van der Waals surface area contributed by atoms with Crippen LogP contribution in [-0.2, 0) is 4.79 Å². The molecule has 2 aliphatic heterocycles. The maximum absolute atomic E-state index is 13.2. The molecule has 2 heterocycles. The molecule has 1 unspecified atom stereocenters. The molecule has 0 saturated carbocycles. The summed E-state index contributed by atoms with van der Waals surface area (Å²) in [5, 5.41) is 2.55. The molecule has 0 aromatic heterocycles. The molecule has 0 aliphatic carbocycles. The second kappa shape index (κ2) is 6.43. The van der Waals surface area contributed by atoms with Gasteiger partial charge in [-0.3, -0.25) is 14.9 Å². The van der Waals surface area contributed by atoms with E-state index in [9.17, 15) is 22.8 Å². The van der Waals surface area contributed by atoms with Gasteiger partial charge in [-0.2, -0.15) is 0 Å². The maximum Gasteiger partial charge on any atom is 0.262 e. The van der Waals surface area contributed by atoms with Gasteiger partial charge in [-0.05, 0) is 18.2 Å². The van der Waals surface area contributed by atoms with Crippen LogP contribution < -0.4 is 5.32 Å². The van der Waals surface area contributed by atoms with Crippen LogP contribution in [0.5, 0.6) is 0 Å². The quantitative estimate of drug-likeness (QED) is 0.877. The number of carbonyl (C=O) groups is 2. The molecule has 1 N–H and O–H groups in total. The number of hydrogen-bond donors (Lipinski definition) is 1. The Bertz CT molecular complexity index is 645. The number of benzene rings is 1. The standard InChI is InChI=1S/C16H18F3N3O2/c17-12-3-1-2-11(8-12)14(23)21-4-6-22(7-5-21)15(24)13-9-16(18,19)10-20-13/h1-3,8,13,20H,4-7,9-10H2. The number of rotatable bonds is 2.